The van der Waals surface area contributed by atoms with Gasteiger partial charge in [0.1, 0.15) is 6.04 Å². The van der Waals surface area contributed by atoms with Gasteiger partial charge in [-0.3, -0.25) is 14.4 Å². The van der Waals surface area contributed by atoms with Gasteiger partial charge in [0.2, 0.25) is 11.8 Å². The third-order valence-corrected chi connectivity index (χ3v) is 10.3. The molecular weight excluding hydrogens is 500 g/mol. The zero-order valence-corrected chi connectivity index (χ0v) is 23.1. The predicted octanol–water partition coefficient (Wildman–Crippen LogP) is 3.37. The van der Waals surface area contributed by atoms with Crippen molar-refractivity contribution < 1.29 is 24.2 Å². The minimum atomic E-state index is -0.929. The number of hydrogen-bond acceptors (Lipinski definition) is 6. The van der Waals surface area contributed by atoms with E-state index in [2.05, 4.69) is 19.1 Å². The SMILES string of the molecule is CCCCN1CC=C[C@]23S[C@@]4(C)/C=C\CCCOC(=O)[C@H]4[C@H]2C(=O)N([C@@H](CO)Cc2ccccc2)C3C1=O. The molecule has 1 aromatic carbocycles. The molecule has 1 spiro atoms. The van der Waals surface area contributed by atoms with Crippen LogP contribution in [0.25, 0.3) is 0 Å². The lowest BCUT2D eigenvalue weighted by Crippen LogP contribution is -2.57. The summed E-state index contributed by atoms with van der Waals surface area (Å²) in [7, 11) is 0. The fraction of sp³-hybridized carbons (Fsp3) is 0.567. The average Bonchev–Trinajstić information content (AvgIpc) is 3.27. The van der Waals surface area contributed by atoms with Crippen LogP contribution >= 0.6 is 11.8 Å². The molecule has 1 unspecified atom stereocenters. The van der Waals surface area contributed by atoms with Gasteiger partial charge in [-0.2, -0.15) is 0 Å². The van der Waals surface area contributed by atoms with Crippen LogP contribution in [0.5, 0.6) is 0 Å². The van der Waals surface area contributed by atoms with Gasteiger partial charge in [-0.15, -0.1) is 11.8 Å². The summed E-state index contributed by atoms with van der Waals surface area (Å²) in [6.45, 7) is 5.20. The standard InChI is InChI=1S/C30H38N2O5S/c1-3-4-16-31-17-11-15-30-23(24-28(36)37-18-10-6-9-14-29(24,2)38-30)26(34)32(25(30)27(31)35)22(20-33)19-21-12-7-5-8-13-21/h5,7-9,11-15,22-25,33H,3-4,6,10,16-20H2,1-2H3/b14-9-/t22-,23+,24-,25?,29+,30+/m1/s1. The number of fused-ring (bicyclic) bond motifs is 2. The number of thioether (sulfide) groups is 1. The van der Waals surface area contributed by atoms with E-state index in [4.69, 9.17) is 4.74 Å². The summed E-state index contributed by atoms with van der Waals surface area (Å²) < 4.78 is 4.07. The number of nitrogens with zero attached hydrogens (tertiary/aromatic N) is 2. The molecule has 8 heteroatoms. The number of carbonyl (C=O) groups excluding carboxylic acids is 3. The number of rotatable bonds is 7. The number of carbonyl (C=O) groups is 3. The number of aliphatic hydroxyl groups is 1. The first-order valence-corrected chi connectivity index (χ1v) is 14.7. The molecule has 0 aromatic heterocycles. The first-order valence-electron chi connectivity index (χ1n) is 13.8. The van der Waals surface area contributed by atoms with Gasteiger partial charge in [0, 0.05) is 17.8 Å². The first-order chi connectivity index (χ1) is 18.4. The van der Waals surface area contributed by atoms with Gasteiger partial charge < -0.3 is 19.6 Å². The number of allylic oxidation sites excluding steroid dienone is 1. The summed E-state index contributed by atoms with van der Waals surface area (Å²) in [5.41, 5.74) is 0.979. The number of likely N-dealkylation sites (tertiary alicyclic amines) is 1. The fourth-order valence-corrected chi connectivity index (χ4v) is 8.84. The molecule has 0 radical (unpaired) electrons. The van der Waals surface area contributed by atoms with E-state index in [-0.39, 0.29) is 24.4 Å². The highest BCUT2D eigenvalue weighted by Gasteiger charge is 2.74. The molecule has 2 amide bonds. The van der Waals surface area contributed by atoms with E-state index >= 15 is 0 Å². The third-order valence-electron chi connectivity index (χ3n) is 8.47. The molecule has 2 saturated heterocycles. The Morgan fingerprint density at radius 3 is 2.63 bits per heavy atom. The maximum atomic E-state index is 14.5. The van der Waals surface area contributed by atoms with Gasteiger partial charge >= 0.3 is 5.97 Å². The van der Waals surface area contributed by atoms with Gasteiger partial charge in [-0.25, -0.2) is 0 Å². The summed E-state index contributed by atoms with van der Waals surface area (Å²) in [5, 5.41) is 10.6. The lowest BCUT2D eigenvalue weighted by molar-refractivity contribution is -0.154. The largest absolute Gasteiger partial charge is 0.465 e. The van der Waals surface area contributed by atoms with Crippen molar-refractivity contribution in [3.63, 3.8) is 0 Å². The van der Waals surface area contributed by atoms with Crippen molar-refractivity contribution >= 4 is 29.5 Å². The fourth-order valence-electron chi connectivity index (χ4n) is 6.70. The van der Waals surface area contributed by atoms with Crippen molar-refractivity contribution in [1.82, 2.24) is 9.80 Å². The summed E-state index contributed by atoms with van der Waals surface area (Å²) in [4.78, 5) is 45.9. The monoisotopic (exact) mass is 538 g/mol. The van der Waals surface area contributed by atoms with Crippen LogP contribution in [0, 0.1) is 11.8 Å². The number of cyclic esters (lactones) is 1. The van der Waals surface area contributed by atoms with Crippen molar-refractivity contribution in [3.05, 3.63) is 60.2 Å². The lowest BCUT2D eigenvalue weighted by Gasteiger charge is -2.40. The maximum absolute atomic E-state index is 14.5. The molecule has 0 saturated carbocycles. The Balaban J connectivity index is 1.63. The Bertz CT molecular complexity index is 1120. The molecule has 7 nitrogen and oxygen atoms in total. The summed E-state index contributed by atoms with van der Waals surface area (Å²) in [5.74, 6) is -2.21. The molecule has 5 rings (SSSR count). The van der Waals surface area contributed by atoms with E-state index in [1.165, 1.54) is 0 Å². The smallest absolute Gasteiger partial charge is 0.311 e. The number of unbranched alkanes of at least 4 members (excludes halogenated alkanes) is 1. The van der Waals surface area contributed by atoms with Crippen LogP contribution in [0.3, 0.4) is 0 Å². The second-order valence-electron chi connectivity index (χ2n) is 11.0. The Kier molecular flexibility index (Phi) is 7.74. The molecular formula is C30H38N2O5S. The van der Waals surface area contributed by atoms with Crippen molar-refractivity contribution in [1.29, 1.82) is 0 Å². The Morgan fingerprint density at radius 1 is 1.11 bits per heavy atom. The van der Waals surface area contributed by atoms with Crippen LogP contribution in [-0.4, -0.2) is 80.6 Å². The number of benzene rings is 1. The molecule has 2 fully saturated rings. The van der Waals surface area contributed by atoms with Crippen LogP contribution in [0.2, 0.25) is 0 Å². The number of hydrogen-bond donors (Lipinski definition) is 1. The number of ether oxygens (including phenoxy) is 1. The van der Waals surface area contributed by atoms with Gasteiger partial charge in [0.05, 0.1) is 35.8 Å². The summed E-state index contributed by atoms with van der Waals surface area (Å²) >= 11 is 1.55. The molecule has 0 bridgehead atoms. The van der Waals surface area contributed by atoms with Crippen LogP contribution in [0.4, 0.5) is 0 Å². The maximum Gasteiger partial charge on any atom is 0.311 e. The lowest BCUT2D eigenvalue weighted by atomic mass is 9.74. The predicted molar refractivity (Wildman–Crippen MR) is 147 cm³/mol. The van der Waals surface area contributed by atoms with Crippen molar-refractivity contribution in [2.45, 2.75) is 67.5 Å². The van der Waals surface area contributed by atoms with Gasteiger partial charge in [-0.05, 0) is 38.2 Å². The first kappa shape index (κ1) is 27.0. The van der Waals surface area contributed by atoms with Gasteiger partial charge in [0.15, 0.2) is 0 Å². The van der Waals surface area contributed by atoms with E-state index in [1.54, 1.807) is 16.7 Å². The van der Waals surface area contributed by atoms with E-state index < -0.39 is 33.4 Å². The molecule has 4 aliphatic heterocycles. The Hall–Kier alpha value is -2.58. The normalized spacial score (nSPS) is 34.4. The molecule has 6 atom stereocenters. The van der Waals surface area contributed by atoms with Crippen molar-refractivity contribution in [2.24, 2.45) is 11.8 Å². The molecule has 1 aromatic rings. The van der Waals surface area contributed by atoms with Crippen LogP contribution in [0.15, 0.2) is 54.6 Å². The molecule has 4 aliphatic rings. The molecule has 4 heterocycles. The molecule has 38 heavy (non-hydrogen) atoms. The quantitative estimate of drug-likeness (QED) is 0.423. The van der Waals surface area contributed by atoms with E-state index in [1.807, 2.05) is 54.3 Å². The highest BCUT2D eigenvalue weighted by molar-refractivity contribution is 8.02. The number of amides is 2. The van der Waals surface area contributed by atoms with Crippen LogP contribution in [0.1, 0.15) is 45.1 Å². The van der Waals surface area contributed by atoms with E-state index in [0.717, 1.165) is 31.2 Å². The minimum absolute atomic E-state index is 0.106. The molecule has 0 aliphatic carbocycles. The highest BCUT2D eigenvalue weighted by atomic mass is 32.2. The zero-order valence-electron chi connectivity index (χ0n) is 22.3. The Labute approximate surface area is 229 Å². The van der Waals surface area contributed by atoms with Crippen molar-refractivity contribution in [3.8, 4) is 0 Å². The highest BCUT2D eigenvalue weighted by Crippen LogP contribution is 2.65. The van der Waals surface area contributed by atoms with Gasteiger partial charge in [0.25, 0.3) is 0 Å². The second kappa shape index (κ2) is 10.9. The zero-order chi connectivity index (χ0) is 26.9. The van der Waals surface area contributed by atoms with Gasteiger partial charge in [-0.1, -0.05) is 68.0 Å². The van der Waals surface area contributed by atoms with E-state index in [0.29, 0.717) is 26.1 Å². The second-order valence-corrected chi connectivity index (χ2v) is 12.8. The molecule has 204 valence electrons. The molecule has 1 N–H and O–H groups in total. The van der Waals surface area contributed by atoms with Crippen LogP contribution < -0.4 is 0 Å². The van der Waals surface area contributed by atoms with Crippen molar-refractivity contribution in [2.75, 3.05) is 26.3 Å². The number of aliphatic hydroxyl groups excluding tert-OH is 1. The topological polar surface area (TPSA) is 87.2 Å². The summed E-state index contributed by atoms with van der Waals surface area (Å²) in [6, 6.07) is 8.32. The number of esters is 1. The third kappa shape index (κ3) is 4.49. The summed E-state index contributed by atoms with van der Waals surface area (Å²) in [6.07, 6.45) is 11.9. The van der Waals surface area contributed by atoms with E-state index in [9.17, 15) is 19.5 Å². The Morgan fingerprint density at radius 2 is 1.89 bits per heavy atom. The van der Waals surface area contributed by atoms with Crippen LogP contribution in [-0.2, 0) is 25.5 Å². The average molecular weight is 539 g/mol. The minimum Gasteiger partial charge on any atom is -0.465 e.